The van der Waals surface area contributed by atoms with Gasteiger partial charge >= 0.3 is 23.9 Å². The van der Waals surface area contributed by atoms with E-state index in [1.807, 2.05) is 0 Å². The Hall–Kier alpha value is -4.95. The number of ether oxygens (including phenoxy) is 12. The second-order valence-electron chi connectivity index (χ2n) is 15.7. The molecule has 73 heavy (non-hydrogen) atoms. The van der Waals surface area contributed by atoms with E-state index in [1.165, 1.54) is 20.8 Å². The van der Waals surface area contributed by atoms with Gasteiger partial charge in [0.1, 0.15) is 13.2 Å². The molecule has 0 saturated carbocycles. The third-order valence-electron chi connectivity index (χ3n) is 9.21. The largest absolute Gasteiger partial charge is 0.481 e. The molecule has 0 heterocycles. The number of hydrogen-bond acceptors (Lipinski definition) is 19. The van der Waals surface area contributed by atoms with Crippen LogP contribution in [-0.2, 0) is 80.8 Å². The Morgan fingerprint density at radius 1 is 0.521 bits per heavy atom. The second kappa shape index (κ2) is 50.6. The summed E-state index contributed by atoms with van der Waals surface area (Å²) in [4.78, 5) is 56.0. The molecule has 0 aliphatic rings. The van der Waals surface area contributed by atoms with Crippen LogP contribution in [0, 0.1) is 17.3 Å². The SMILES string of the molecule is C=C(C)C(=O)NC(C(C)C(=O)O)C(N)C(C(=O)O)C(C)N.C=CCOCCOCC(COCCOCC=C)(COCCOCC=C)COCCOC(=O)C=C.C=CCOCCOCCCOCCOC(=O)C=C. The van der Waals surface area contributed by atoms with Crippen LogP contribution in [0.4, 0.5) is 0 Å². The molecule has 0 aromatic carbocycles. The van der Waals surface area contributed by atoms with Gasteiger partial charge in [-0.25, -0.2) is 9.59 Å². The van der Waals surface area contributed by atoms with E-state index in [0.29, 0.717) is 119 Å². The van der Waals surface area contributed by atoms with Crippen molar-refractivity contribution in [2.24, 2.45) is 28.7 Å². The lowest BCUT2D eigenvalue weighted by Crippen LogP contribution is -2.60. The standard InChI is InChI=1S/C25H42O9.C13H23N3O5.C13H22O5/c1-5-9-27-12-15-30-20-25(21-31-16-13-28-10-6-2,22-32-17-14-29-11-7-3)23-33-18-19-34-24(26)8-4;1-5(2)11(17)16-10(6(3)12(18)19)9(15)8(7(4)14)13(20)21;1-3-6-15-9-10-16-7-5-8-17-11-12-18-13(14)4-2/h5-8H,1-4,9-23H2;6-10H,1,14-15H2,2-4H3,(H,16,17)(H,18,19)(H,20,21);3-4H,1-2,5-12H2. The molecule has 22 heteroatoms. The van der Waals surface area contributed by atoms with Gasteiger partial charge in [0.15, 0.2) is 0 Å². The van der Waals surface area contributed by atoms with Crippen molar-refractivity contribution < 1.29 is 91.0 Å². The lowest BCUT2D eigenvalue weighted by molar-refractivity contribution is -0.147. The lowest BCUT2D eigenvalue weighted by atomic mass is 9.83. The Morgan fingerprint density at radius 2 is 0.849 bits per heavy atom. The summed E-state index contributed by atoms with van der Waals surface area (Å²) >= 11 is 0. The molecular weight excluding hydrogens is 959 g/mol. The van der Waals surface area contributed by atoms with Gasteiger partial charge in [-0.2, -0.15) is 0 Å². The Bertz CT molecular complexity index is 1500. The summed E-state index contributed by atoms with van der Waals surface area (Å²) in [6.07, 6.45) is 9.79. The summed E-state index contributed by atoms with van der Waals surface area (Å²) < 4.78 is 64.9. The number of carbonyl (C=O) groups excluding carboxylic acids is 3. The first-order valence-electron chi connectivity index (χ1n) is 23.7. The predicted octanol–water partition coefficient (Wildman–Crippen LogP) is 2.86. The molecule has 0 aromatic rings. The van der Waals surface area contributed by atoms with Crippen LogP contribution in [-0.4, -0.2) is 203 Å². The number of esters is 2. The molecule has 5 atom stereocenters. The predicted molar refractivity (Wildman–Crippen MR) is 275 cm³/mol. The van der Waals surface area contributed by atoms with E-state index in [2.05, 4.69) is 51.4 Å². The van der Waals surface area contributed by atoms with Crippen molar-refractivity contribution in [1.29, 1.82) is 0 Å². The summed E-state index contributed by atoms with van der Waals surface area (Å²) in [6, 6.07) is -3.04. The van der Waals surface area contributed by atoms with E-state index in [-0.39, 0.29) is 32.0 Å². The van der Waals surface area contributed by atoms with Crippen molar-refractivity contribution in [2.75, 3.05) is 145 Å². The topological polar surface area (TPSA) is 301 Å². The molecule has 5 unspecified atom stereocenters. The van der Waals surface area contributed by atoms with Gasteiger partial charge in [-0.1, -0.05) is 44.0 Å². The lowest BCUT2D eigenvalue weighted by Gasteiger charge is -2.33. The zero-order valence-electron chi connectivity index (χ0n) is 43.6. The molecule has 0 radical (unpaired) electrons. The summed E-state index contributed by atoms with van der Waals surface area (Å²) in [7, 11) is 0. The number of hydrogen-bond donors (Lipinski definition) is 5. The van der Waals surface area contributed by atoms with E-state index < -0.39 is 65.2 Å². The highest BCUT2D eigenvalue weighted by atomic mass is 16.6. The van der Waals surface area contributed by atoms with E-state index in [9.17, 15) is 29.1 Å². The minimum atomic E-state index is -1.25. The number of nitrogens with one attached hydrogen (secondary N) is 1. The van der Waals surface area contributed by atoms with Gasteiger partial charge < -0.3 is 83.8 Å². The maximum absolute atomic E-state index is 11.7. The van der Waals surface area contributed by atoms with Crippen LogP contribution < -0.4 is 16.8 Å². The molecular formula is C51H87N3O19. The number of rotatable bonds is 48. The maximum Gasteiger partial charge on any atom is 0.330 e. The van der Waals surface area contributed by atoms with Crippen molar-refractivity contribution in [3.8, 4) is 0 Å². The number of nitrogens with two attached hydrogens (primary N) is 2. The van der Waals surface area contributed by atoms with Gasteiger partial charge in [-0.3, -0.25) is 14.4 Å². The van der Waals surface area contributed by atoms with E-state index in [4.69, 9.17) is 73.4 Å². The van der Waals surface area contributed by atoms with E-state index >= 15 is 0 Å². The average Bonchev–Trinajstić information content (AvgIpc) is 3.36. The Kier molecular flexibility index (Phi) is 50.1. The molecule has 0 spiro atoms. The molecule has 0 aromatic heterocycles. The molecule has 0 bridgehead atoms. The summed E-state index contributed by atoms with van der Waals surface area (Å²) in [5.74, 6) is -6.23. The van der Waals surface area contributed by atoms with Crippen molar-refractivity contribution in [2.45, 2.75) is 45.3 Å². The van der Waals surface area contributed by atoms with Gasteiger partial charge in [0, 0.05) is 43.0 Å². The fourth-order valence-corrected chi connectivity index (χ4v) is 5.48. The fraction of sp³-hybridized carbons (Fsp3) is 0.627. The van der Waals surface area contributed by atoms with Crippen molar-refractivity contribution in [3.63, 3.8) is 0 Å². The van der Waals surface area contributed by atoms with Crippen LogP contribution in [0.2, 0.25) is 0 Å². The molecule has 0 fully saturated rings. The highest BCUT2D eigenvalue weighted by Crippen LogP contribution is 2.21. The van der Waals surface area contributed by atoms with E-state index in [1.54, 1.807) is 24.3 Å². The maximum atomic E-state index is 11.7. The second-order valence-corrected chi connectivity index (χ2v) is 15.7. The first-order chi connectivity index (χ1) is 34.9. The smallest absolute Gasteiger partial charge is 0.330 e. The van der Waals surface area contributed by atoms with Gasteiger partial charge in [0.2, 0.25) is 5.91 Å². The zero-order valence-corrected chi connectivity index (χ0v) is 43.6. The van der Waals surface area contributed by atoms with Crippen LogP contribution in [0.1, 0.15) is 27.2 Å². The summed E-state index contributed by atoms with van der Waals surface area (Å²) in [6.45, 7) is 37.8. The molecule has 0 saturated heterocycles. The van der Waals surface area contributed by atoms with Crippen LogP contribution in [0.3, 0.4) is 0 Å². The van der Waals surface area contributed by atoms with Crippen LogP contribution in [0.15, 0.2) is 88.1 Å². The first kappa shape index (κ1) is 72.3. The van der Waals surface area contributed by atoms with Crippen molar-refractivity contribution in [3.05, 3.63) is 88.1 Å². The van der Waals surface area contributed by atoms with Crippen LogP contribution in [0.25, 0.3) is 0 Å². The number of aliphatic carboxylic acids is 2. The summed E-state index contributed by atoms with van der Waals surface area (Å²) in [5.41, 5.74) is 11.1. The molecule has 1 amide bonds. The third kappa shape index (κ3) is 43.2. The molecule has 0 aliphatic heterocycles. The van der Waals surface area contributed by atoms with Gasteiger partial charge in [0.05, 0.1) is 142 Å². The molecule has 7 N–H and O–H groups in total. The highest BCUT2D eigenvalue weighted by Gasteiger charge is 2.40. The minimum Gasteiger partial charge on any atom is -0.481 e. The average molecular weight is 1050 g/mol. The van der Waals surface area contributed by atoms with Gasteiger partial charge in [-0.15, -0.1) is 26.3 Å². The quantitative estimate of drug-likeness (QED) is 0.0253. The normalized spacial score (nSPS) is 12.8. The van der Waals surface area contributed by atoms with Crippen molar-refractivity contribution in [1.82, 2.24) is 5.32 Å². The monoisotopic (exact) mass is 1050 g/mol. The van der Waals surface area contributed by atoms with Crippen molar-refractivity contribution >= 4 is 29.8 Å². The highest BCUT2D eigenvalue weighted by molar-refractivity contribution is 5.92. The molecule has 0 aliphatic carbocycles. The fourth-order valence-electron chi connectivity index (χ4n) is 5.48. The van der Waals surface area contributed by atoms with Crippen LogP contribution in [0.5, 0.6) is 0 Å². The third-order valence-corrected chi connectivity index (χ3v) is 9.21. The molecule has 0 rings (SSSR count). The van der Waals surface area contributed by atoms with Gasteiger partial charge in [0.25, 0.3) is 0 Å². The Morgan fingerprint density at radius 3 is 1.15 bits per heavy atom. The van der Waals surface area contributed by atoms with Gasteiger partial charge in [-0.05, 0) is 27.2 Å². The first-order valence-corrected chi connectivity index (χ1v) is 23.7. The number of carboxylic acids is 2. The van der Waals surface area contributed by atoms with Crippen LogP contribution >= 0.6 is 0 Å². The molecule has 22 nitrogen and oxygen atoms in total. The number of carboxylic acid groups (broad SMARTS) is 2. The zero-order chi connectivity index (χ0) is 55.5. The van der Waals surface area contributed by atoms with E-state index in [0.717, 1.165) is 18.6 Å². The minimum absolute atomic E-state index is 0.115. The summed E-state index contributed by atoms with van der Waals surface area (Å²) in [5, 5.41) is 20.7. The Balaban J connectivity index is -0.00000108. The molecule has 420 valence electrons. The Labute approximate surface area is 432 Å². The number of carbonyl (C=O) groups is 5. The number of amides is 1.